The van der Waals surface area contributed by atoms with Gasteiger partial charge in [-0.15, -0.1) is 0 Å². The van der Waals surface area contributed by atoms with Crippen molar-refractivity contribution >= 4 is 0 Å². The van der Waals surface area contributed by atoms with E-state index in [1.807, 2.05) is 0 Å². The van der Waals surface area contributed by atoms with Crippen LogP contribution in [0.4, 0.5) is 0 Å². The Hall–Kier alpha value is 0.480. The minimum Gasteiger partial charge on any atom is -1.00 e. The molecule has 0 aliphatic rings. The molecule has 0 spiro atoms. The van der Waals surface area contributed by atoms with E-state index in [1.54, 1.807) is 0 Å². The molecule has 0 amide bonds. The van der Waals surface area contributed by atoms with Gasteiger partial charge in [0.1, 0.15) is 0 Å². The molecule has 0 aliphatic carbocycles. The molecule has 0 N–H and O–H groups in total. The zero-order valence-electron chi connectivity index (χ0n) is 5.43. The Morgan fingerprint density at radius 3 is 0.556 bits per heavy atom. The molecular formula is C3H9F2O3Ta. The third-order valence-corrected chi connectivity index (χ3v) is 0. The molecule has 3 nitrogen and oxygen atoms in total. The van der Waals surface area contributed by atoms with Gasteiger partial charge in [0, 0.05) is 0 Å². The van der Waals surface area contributed by atoms with E-state index in [-0.39, 0.29) is 31.8 Å². The minimum atomic E-state index is 0. The van der Waals surface area contributed by atoms with Crippen LogP contribution in [0.15, 0.2) is 0 Å². The summed E-state index contributed by atoms with van der Waals surface area (Å²) in [6.45, 7) is 0. The zero-order valence-corrected chi connectivity index (χ0v) is 8.64. The van der Waals surface area contributed by atoms with Gasteiger partial charge in [0.05, 0.1) is 0 Å². The van der Waals surface area contributed by atoms with Crippen LogP contribution in [0.5, 0.6) is 0 Å². The van der Waals surface area contributed by atoms with E-state index < -0.39 is 0 Å². The predicted octanol–water partition coefficient (Wildman–Crippen LogP) is -9.07. The second-order valence-corrected chi connectivity index (χ2v) is 0. The van der Waals surface area contributed by atoms with E-state index in [1.165, 1.54) is 0 Å². The van der Waals surface area contributed by atoms with E-state index in [2.05, 4.69) is 0 Å². The molecule has 0 aliphatic heterocycles. The summed E-state index contributed by atoms with van der Waals surface area (Å²) < 4.78 is 0. The van der Waals surface area contributed by atoms with E-state index >= 15 is 0 Å². The molecule has 0 aromatic carbocycles. The maximum absolute atomic E-state index is 8.25. The Morgan fingerprint density at radius 2 is 0.556 bits per heavy atom. The van der Waals surface area contributed by atoms with Crippen molar-refractivity contribution in [2.75, 3.05) is 21.3 Å². The summed E-state index contributed by atoms with van der Waals surface area (Å²) >= 11 is 0. The van der Waals surface area contributed by atoms with E-state index in [4.69, 9.17) is 15.3 Å². The van der Waals surface area contributed by atoms with E-state index in [0.717, 1.165) is 21.3 Å². The number of hydrogen-bond donors (Lipinski definition) is 0. The first-order valence-electron chi connectivity index (χ1n) is 1.22. The summed E-state index contributed by atoms with van der Waals surface area (Å²) in [5.41, 5.74) is 0. The number of hydrogen-bond acceptors (Lipinski definition) is 3. The Balaban J connectivity index is -0.00000000321. The van der Waals surface area contributed by atoms with Gasteiger partial charge in [-0.05, 0) is 0 Å². The smallest absolute Gasteiger partial charge is 1.00 e. The summed E-state index contributed by atoms with van der Waals surface area (Å²) in [6.07, 6.45) is 0. The first kappa shape index (κ1) is 56.3. The molecule has 0 saturated heterocycles. The molecule has 0 aromatic heterocycles. The second-order valence-electron chi connectivity index (χ2n) is 0. The molecule has 0 radical (unpaired) electrons. The third kappa shape index (κ3) is 1540. The van der Waals surface area contributed by atoms with Crippen molar-refractivity contribution in [3.05, 3.63) is 0 Å². The number of halogens is 2. The molecule has 0 aromatic rings. The molecular weight excluding hydrogens is 303 g/mol. The summed E-state index contributed by atoms with van der Waals surface area (Å²) in [5, 5.41) is 24.8. The van der Waals surface area contributed by atoms with Gasteiger partial charge in [-0.25, -0.2) is 0 Å². The molecule has 0 heterocycles. The first-order valence-corrected chi connectivity index (χ1v) is 1.22. The van der Waals surface area contributed by atoms with Gasteiger partial charge in [0.2, 0.25) is 0 Å². The molecule has 0 atom stereocenters. The molecule has 6 heteroatoms. The normalized spacial score (nSPS) is 2.00. The molecule has 0 unspecified atom stereocenters. The maximum atomic E-state index is 8.25. The van der Waals surface area contributed by atoms with Gasteiger partial charge < -0.3 is 24.7 Å². The monoisotopic (exact) mass is 312 g/mol. The maximum Gasteiger partial charge on any atom is 5.00 e. The average molecular weight is 312 g/mol. The van der Waals surface area contributed by atoms with Gasteiger partial charge in [0.25, 0.3) is 0 Å². The topological polar surface area (TPSA) is 69.2 Å². The minimum absolute atomic E-state index is 0. The van der Waals surface area contributed by atoms with Crippen LogP contribution in [0, 0.1) is 0 Å². The van der Waals surface area contributed by atoms with Crippen molar-refractivity contribution < 1.29 is 47.1 Å². The van der Waals surface area contributed by atoms with Crippen molar-refractivity contribution in [1.29, 1.82) is 0 Å². The van der Waals surface area contributed by atoms with Crippen LogP contribution in [-0.4, -0.2) is 21.3 Å². The van der Waals surface area contributed by atoms with Crippen LogP contribution in [0.3, 0.4) is 0 Å². The molecule has 0 bridgehead atoms. The second kappa shape index (κ2) is 2060. The first-order chi connectivity index (χ1) is 3.00. The van der Waals surface area contributed by atoms with Crippen LogP contribution in [0.25, 0.3) is 0 Å². The van der Waals surface area contributed by atoms with Crippen molar-refractivity contribution in [1.82, 2.24) is 0 Å². The fourth-order valence-electron chi connectivity index (χ4n) is 0. The fraction of sp³-hybridized carbons (Fsp3) is 1.00. The van der Waals surface area contributed by atoms with Crippen LogP contribution < -0.4 is 24.7 Å². The Labute approximate surface area is 69.0 Å². The summed E-state index contributed by atoms with van der Waals surface area (Å²) in [5.74, 6) is 0. The standard InChI is InChI=1S/3CH3O.2FH.Ta/c3*1-2;;;/h3*1H3;2*1H;/q3*-1;;;+5/p-2. The summed E-state index contributed by atoms with van der Waals surface area (Å²) in [6, 6.07) is 0. The van der Waals surface area contributed by atoms with Crippen molar-refractivity contribution in [3.63, 3.8) is 0 Å². The molecule has 0 rings (SSSR count). The third-order valence-electron chi connectivity index (χ3n) is 0. The van der Waals surface area contributed by atoms with Gasteiger partial charge >= 0.3 is 22.4 Å². The van der Waals surface area contributed by atoms with E-state index in [9.17, 15) is 0 Å². The predicted molar refractivity (Wildman–Crippen MR) is 17.8 cm³/mol. The van der Waals surface area contributed by atoms with Crippen molar-refractivity contribution in [3.8, 4) is 0 Å². The number of rotatable bonds is 0. The quantitative estimate of drug-likeness (QED) is 0.446. The Morgan fingerprint density at radius 1 is 0.556 bits per heavy atom. The van der Waals surface area contributed by atoms with Crippen LogP contribution in [-0.2, 0) is 22.4 Å². The van der Waals surface area contributed by atoms with Crippen LogP contribution >= 0.6 is 0 Å². The average Bonchev–Trinajstić information content (AvgIpc) is 1.81. The molecule has 58 valence electrons. The van der Waals surface area contributed by atoms with Gasteiger partial charge in [-0.2, -0.15) is 21.3 Å². The SMILES string of the molecule is C[O-].C[O-].C[O-].[F-].[F-].[Ta+5]. The van der Waals surface area contributed by atoms with Gasteiger partial charge in [0.15, 0.2) is 0 Å². The van der Waals surface area contributed by atoms with Crippen LogP contribution in [0.2, 0.25) is 0 Å². The molecule has 0 saturated carbocycles. The van der Waals surface area contributed by atoms with Crippen molar-refractivity contribution in [2.45, 2.75) is 0 Å². The molecule has 9 heavy (non-hydrogen) atoms. The largest absolute Gasteiger partial charge is 5.00 e. The van der Waals surface area contributed by atoms with Gasteiger partial charge in [-0.3, -0.25) is 0 Å². The van der Waals surface area contributed by atoms with E-state index in [0.29, 0.717) is 0 Å². The van der Waals surface area contributed by atoms with Crippen molar-refractivity contribution in [2.24, 2.45) is 0 Å². The fourth-order valence-corrected chi connectivity index (χ4v) is 0. The van der Waals surface area contributed by atoms with Crippen LogP contribution in [0.1, 0.15) is 0 Å². The Bertz CT molecular complexity index is 17.0. The molecule has 0 fully saturated rings. The summed E-state index contributed by atoms with van der Waals surface area (Å²) in [4.78, 5) is 0. The Kier molecular flexibility index (Phi) is 12900. The zero-order chi connectivity index (χ0) is 6.00. The summed E-state index contributed by atoms with van der Waals surface area (Å²) in [7, 11) is 2.25. The van der Waals surface area contributed by atoms with Gasteiger partial charge in [-0.1, -0.05) is 0 Å².